The van der Waals surface area contributed by atoms with E-state index in [1.807, 2.05) is 26.0 Å². The molecule has 5 nitrogen and oxygen atoms in total. The van der Waals surface area contributed by atoms with Gasteiger partial charge in [0.1, 0.15) is 5.54 Å². The van der Waals surface area contributed by atoms with Crippen molar-refractivity contribution in [3.63, 3.8) is 0 Å². The van der Waals surface area contributed by atoms with Gasteiger partial charge in [0.15, 0.2) is 5.82 Å². The average Bonchev–Trinajstić information content (AvgIpc) is 2.41. The van der Waals surface area contributed by atoms with Gasteiger partial charge in [-0.05, 0) is 51.9 Å². The number of nitrogens with one attached hydrogen (secondary N) is 2. The highest BCUT2D eigenvalue weighted by Crippen LogP contribution is 2.37. The summed E-state index contributed by atoms with van der Waals surface area (Å²) in [5, 5.41) is 6.33. The van der Waals surface area contributed by atoms with Crippen molar-refractivity contribution < 1.29 is 4.79 Å². The first kappa shape index (κ1) is 12.4. The lowest BCUT2D eigenvalue weighted by molar-refractivity contribution is -0.120. The zero-order chi connectivity index (χ0) is 13.5. The van der Waals surface area contributed by atoms with Crippen LogP contribution in [0.5, 0.6) is 0 Å². The highest BCUT2D eigenvalue weighted by molar-refractivity contribution is 6.05. The SMILES string of the molecule is CC1(C)C(=O)Nc2cccnc2N1C1CCNCC1. The molecule has 1 aromatic rings. The predicted octanol–water partition coefficient (Wildman–Crippen LogP) is 1.37. The lowest BCUT2D eigenvalue weighted by Crippen LogP contribution is -2.61. The number of hydrogen-bond donors (Lipinski definition) is 2. The summed E-state index contributed by atoms with van der Waals surface area (Å²) >= 11 is 0. The molecule has 2 aliphatic heterocycles. The number of carbonyl (C=O) groups excluding carboxylic acids is 1. The summed E-state index contributed by atoms with van der Waals surface area (Å²) in [7, 11) is 0. The fourth-order valence-corrected chi connectivity index (χ4v) is 3.03. The van der Waals surface area contributed by atoms with Crippen LogP contribution in [0.4, 0.5) is 11.5 Å². The Kier molecular flexibility index (Phi) is 2.93. The third kappa shape index (κ3) is 1.98. The van der Waals surface area contributed by atoms with E-state index in [0.717, 1.165) is 37.4 Å². The molecule has 0 spiro atoms. The number of hydrogen-bond acceptors (Lipinski definition) is 4. The Bertz CT molecular complexity index is 494. The Morgan fingerprint density at radius 3 is 2.84 bits per heavy atom. The van der Waals surface area contributed by atoms with Crippen LogP contribution in [0.2, 0.25) is 0 Å². The lowest BCUT2D eigenvalue weighted by Gasteiger charge is -2.48. The van der Waals surface area contributed by atoms with Gasteiger partial charge >= 0.3 is 0 Å². The van der Waals surface area contributed by atoms with E-state index in [1.165, 1.54) is 0 Å². The highest BCUT2D eigenvalue weighted by atomic mass is 16.2. The van der Waals surface area contributed by atoms with Gasteiger partial charge in [-0.15, -0.1) is 0 Å². The summed E-state index contributed by atoms with van der Waals surface area (Å²) in [6.45, 7) is 5.95. The quantitative estimate of drug-likeness (QED) is 0.801. The molecular formula is C14H20N4O. The van der Waals surface area contributed by atoms with Crippen LogP contribution >= 0.6 is 0 Å². The molecule has 2 N–H and O–H groups in total. The smallest absolute Gasteiger partial charge is 0.249 e. The van der Waals surface area contributed by atoms with Crippen molar-refractivity contribution >= 4 is 17.4 Å². The van der Waals surface area contributed by atoms with Crippen LogP contribution in [0.15, 0.2) is 18.3 Å². The number of anilines is 2. The maximum Gasteiger partial charge on any atom is 0.249 e. The molecule has 0 bridgehead atoms. The van der Waals surface area contributed by atoms with Gasteiger partial charge in [0.25, 0.3) is 0 Å². The van der Waals surface area contributed by atoms with Gasteiger partial charge in [-0.25, -0.2) is 4.98 Å². The summed E-state index contributed by atoms with van der Waals surface area (Å²) in [6, 6.07) is 4.15. The molecule has 19 heavy (non-hydrogen) atoms. The van der Waals surface area contributed by atoms with Gasteiger partial charge in [-0.3, -0.25) is 4.79 Å². The Hall–Kier alpha value is -1.62. The van der Waals surface area contributed by atoms with Crippen molar-refractivity contribution in [2.75, 3.05) is 23.3 Å². The van der Waals surface area contributed by atoms with E-state index < -0.39 is 5.54 Å². The summed E-state index contributed by atoms with van der Waals surface area (Å²) < 4.78 is 0. The number of carbonyl (C=O) groups is 1. The van der Waals surface area contributed by atoms with E-state index in [-0.39, 0.29) is 5.91 Å². The largest absolute Gasteiger partial charge is 0.338 e. The number of aromatic nitrogens is 1. The van der Waals surface area contributed by atoms with Gasteiger partial charge in [-0.2, -0.15) is 0 Å². The Morgan fingerprint density at radius 1 is 1.37 bits per heavy atom. The van der Waals surface area contributed by atoms with Crippen molar-refractivity contribution in [1.82, 2.24) is 10.3 Å². The summed E-state index contributed by atoms with van der Waals surface area (Å²) in [6.07, 6.45) is 3.89. The molecule has 2 aliphatic rings. The molecule has 5 heteroatoms. The molecule has 1 fully saturated rings. The molecule has 0 radical (unpaired) electrons. The molecule has 1 saturated heterocycles. The maximum atomic E-state index is 12.3. The molecule has 3 heterocycles. The van der Waals surface area contributed by atoms with E-state index in [1.54, 1.807) is 6.20 Å². The monoisotopic (exact) mass is 260 g/mol. The number of pyridine rings is 1. The number of nitrogens with zero attached hydrogens (tertiary/aromatic N) is 2. The zero-order valence-corrected chi connectivity index (χ0v) is 11.4. The minimum Gasteiger partial charge on any atom is -0.338 e. The van der Waals surface area contributed by atoms with Crippen LogP contribution in [0.1, 0.15) is 26.7 Å². The number of fused-ring (bicyclic) bond motifs is 1. The molecular weight excluding hydrogens is 240 g/mol. The molecule has 0 saturated carbocycles. The van der Waals surface area contributed by atoms with Crippen molar-refractivity contribution in [3.05, 3.63) is 18.3 Å². The molecule has 3 rings (SSSR count). The van der Waals surface area contributed by atoms with Gasteiger partial charge < -0.3 is 15.5 Å². The molecule has 0 unspecified atom stereocenters. The molecule has 0 aliphatic carbocycles. The summed E-state index contributed by atoms with van der Waals surface area (Å²) in [4.78, 5) is 19.0. The molecule has 1 amide bonds. The fraction of sp³-hybridized carbons (Fsp3) is 0.571. The second-order valence-corrected chi connectivity index (χ2v) is 5.74. The van der Waals surface area contributed by atoms with Crippen LogP contribution < -0.4 is 15.5 Å². The zero-order valence-electron chi connectivity index (χ0n) is 11.4. The van der Waals surface area contributed by atoms with E-state index in [4.69, 9.17) is 0 Å². The molecule has 102 valence electrons. The fourth-order valence-electron chi connectivity index (χ4n) is 3.03. The molecule has 0 atom stereocenters. The Morgan fingerprint density at radius 2 is 2.11 bits per heavy atom. The van der Waals surface area contributed by atoms with Gasteiger partial charge in [0, 0.05) is 12.2 Å². The first-order valence-electron chi connectivity index (χ1n) is 6.87. The van der Waals surface area contributed by atoms with Gasteiger partial charge in [-0.1, -0.05) is 0 Å². The van der Waals surface area contributed by atoms with Crippen molar-refractivity contribution in [2.24, 2.45) is 0 Å². The number of rotatable bonds is 1. The summed E-state index contributed by atoms with van der Waals surface area (Å²) in [5.74, 6) is 0.950. The van der Waals surface area contributed by atoms with E-state index in [2.05, 4.69) is 20.5 Å². The average molecular weight is 260 g/mol. The van der Waals surface area contributed by atoms with Crippen LogP contribution in [0.3, 0.4) is 0 Å². The van der Waals surface area contributed by atoms with E-state index >= 15 is 0 Å². The van der Waals surface area contributed by atoms with Crippen molar-refractivity contribution in [3.8, 4) is 0 Å². The second-order valence-electron chi connectivity index (χ2n) is 5.74. The molecule has 1 aromatic heterocycles. The van der Waals surface area contributed by atoms with Crippen LogP contribution in [-0.2, 0) is 4.79 Å². The normalized spacial score (nSPS) is 22.8. The number of amides is 1. The minimum absolute atomic E-state index is 0.0477. The third-order valence-electron chi connectivity index (χ3n) is 4.09. The minimum atomic E-state index is -0.552. The van der Waals surface area contributed by atoms with Crippen LogP contribution in [0.25, 0.3) is 0 Å². The standard InChI is InChI=1S/C14H20N4O/c1-14(2)13(19)17-11-4-3-7-16-12(11)18(14)10-5-8-15-9-6-10/h3-4,7,10,15H,5-6,8-9H2,1-2H3,(H,17,19). The highest BCUT2D eigenvalue weighted by Gasteiger charge is 2.44. The maximum absolute atomic E-state index is 12.3. The lowest BCUT2D eigenvalue weighted by atomic mass is 9.92. The van der Waals surface area contributed by atoms with Crippen LogP contribution in [-0.4, -0.2) is 35.6 Å². The number of piperidine rings is 1. The van der Waals surface area contributed by atoms with Crippen LogP contribution in [0, 0.1) is 0 Å². The second kappa shape index (κ2) is 4.49. The first-order valence-corrected chi connectivity index (χ1v) is 6.87. The first-order chi connectivity index (χ1) is 9.10. The topological polar surface area (TPSA) is 57.3 Å². The van der Waals surface area contributed by atoms with E-state index in [0.29, 0.717) is 6.04 Å². The van der Waals surface area contributed by atoms with Gasteiger partial charge in [0.05, 0.1) is 5.69 Å². The van der Waals surface area contributed by atoms with E-state index in [9.17, 15) is 4.79 Å². The molecule has 0 aromatic carbocycles. The van der Waals surface area contributed by atoms with Crippen molar-refractivity contribution in [1.29, 1.82) is 0 Å². The van der Waals surface area contributed by atoms with Gasteiger partial charge in [0.2, 0.25) is 5.91 Å². The Balaban J connectivity index is 2.04. The van der Waals surface area contributed by atoms with Crippen molar-refractivity contribution in [2.45, 2.75) is 38.3 Å². The third-order valence-corrected chi connectivity index (χ3v) is 4.09. The summed E-state index contributed by atoms with van der Waals surface area (Å²) in [5.41, 5.74) is 0.272. The predicted molar refractivity (Wildman–Crippen MR) is 75.3 cm³/mol. The Labute approximate surface area is 113 Å².